The Morgan fingerprint density at radius 2 is 1.70 bits per heavy atom. The normalized spacial score (nSPS) is 15.3. The molecule has 0 unspecified atom stereocenters. The summed E-state index contributed by atoms with van der Waals surface area (Å²) in [5, 5.41) is 10.6. The Balaban J connectivity index is 1.56. The van der Waals surface area contributed by atoms with Crippen LogP contribution in [0.4, 0.5) is 5.69 Å². The highest BCUT2D eigenvalue weighted by Gasteiger charge is 2.16. The van der Waals surface area contributed by atoms with E-state index in [-0.39, 0.29) is 12.0 Å². The molecule has 0 bridgehead atoms. The summed E-state index contributed by atoms with van der Waals surface area (Å²) in [6.07, 6.45) is 0.625. The predicted molar refractivity (Wildman–Crippen MR) is 83.1 cm³/mol. The van der Waals surface area contributed by atoms with Gasteiger partial charge >= 0.3 is 0 Å². The summed E-state index contributed by atoms with van der Waals surface area (Å²) >= 11 is 0. The molecule has 1 aliphatic heterocycles. The number of nitro groups is 1. The molecule has 1 heterocycles. The van der Waals surface area contributed by atoms with Gasteiger partial charge in [-0.1, -0.05) is 12.1 Å². The topological polar surface area (TPSA) is 70.8 Å². The average Bonchev–Trinajstić information content (AvgIpc) is 2.61. The van der Waals surface area contributed by atoms with E-state index in [2.05, 4.69) is 0 Å². The van der Waals surface area contributed by atoms with Crippen LogP contribution in [0.25, 0.3) is 0 Å². The van der Waals surface area contributed by atoms with Gasteiger partial charge in [-0.2, -0.15) is 0 Å². The molecule has 120 valence electrons. The quantitative estimate of drug-likeness (QED) is 0.622. The first-order chi connectivity index (χ1) is 11.2. The number of ether oxygens (including phenoxy) is 3. The van der Waals surface area contributed by atoms with Crippen molar-refractivity contribution >= 4 is 5.69 Å². The minimum absolute atomic E-state index is 0.0746. The second-order valence-electron chi connectivity index (χ2n) is 5.21. The molecule has 1 aliphatic rings. The van der Waals surface area contributed by atoms with E-state index in [0.717, 1.165) is 23.3 Å². The Morgan fingerprint density at radius 3 is 2.30 bits per heavy atom. The first-order valence-electron chi connectivity index (χ1n) is 7.42. The highest BCUT2D eigenvalue weighted by Crippen LogP contribution is 2.25. The Hall–Kier alpha value is -2.44. The van der Waals surface area contributed by atoms with E-state index in [0.29, 0.717) is 19.8 Å². The summed E-state index contributed by atoms with van der Waals surface area (Å²) in [5.41, 5.74) is 1.91. The summed E-state index contributed by atoms with van der Waals surface area (Å²) in [4.78, 5) is 10.2. The van der Waals surface area contributed by atoms with E-state index < -0.39 is 4.92 Å². The zero-order chi connectivity index (χ0) is 16.1. The largest absolute Gasteiger partial charge is 0.489 e. The van der Waals surface area contributed by atoms with Crippen molar-refractivity contribution in [2.45, 2.75) is 19.3 Å². The minimum Gasteiger partial charge on any atom is -0.489 e. The van der Waals surface area contributed by atoms with Crippen molar-refractivity contribution in [2.75, 3.05) is 13.2 Å². The van der Waals surface area contributed by atoms with Gasteiger partial charge < -0.3 is 14.2 Å². The standard InChI is InChI=1S/C17H17NO5/c19-18(20)15-6-2-13(3-7-15)12-23-16-8-4-14(5-9-16)17-21-10-1-11-22-17/h2-9,17H,1,10-12H2. The lowest BCUT2D eigenvalue weighted by Gasteiger charge is -2.23. The second-order valence-corrected chi connectivity index (χ2v) is 5.21. The van der Waals surface area contributed by atoms with Crippen molar-refractivity contribution in [3.8, 4) is 5.75 Å². The van der Waals surface area contributed by atoms with Crippen LogP contribution in [0, 0.1) is 10.1 Å². The zero-order valence-electron chi connectivity index (χ0n) is 12.5. The molecule has 0 N–H and O–H groups in total. The van der Waals surface area contributed by atoms with Crippen LogP contribution >= 0.6 is 0 Å². The van der Waals surface area contributed by atoms with Gasteiger partial charge in [-0.15, -0.1) is 0 Å². The number of non-ortho nitro benzene ring substituents is 1. The van der Waals surface area contributed by atoms with Crippen LogP contribution in [0.1, 0.15) is 23.8 Å². The SMILES string of the molecule is O=[N+]([O-])c1ccc(COc2ccc(C3OCCCO3)cc2)cc1. The third kappa shape index (κ3) is 4.06. The number of hydrogen-bond donors (Lipinski definition) is 0. The number of nitro benzene ring substituents is 1. The fraction of sp³-hybridized carbons (Fsp3) is 0.294. The third-order valence-corrected chi connectivity index (χ3v) is 3.53. The molecule has 0 aromatic heterocycles. The molecule has 3 rings (SSSR count). The molecule has 6 nitrogen and oxygen atoms in total. The molecule has 1 fully saturated rings. The molecule has 2 aromatic carbocycles. The van der Waals surface area contributed by atoms with Gasteiger partial charge in [0.15, 0.2) is 6.29 Å². The number of benzene rings is 2. The molecule has 0 atom stereocenters. The lowest BCUT2D eigenvalue weighted by molar-refractivity contribution is -0.384. The van der Waals surface area contributed by atoms with Gasteiger partial charge in [-0.05, 0) is 36.2 Å². The zero-order valence-corrected chi connectivity index (χ0v) is 12.5. The van der Waals surface area contributed by atoms with E-state index in [4.69, 9.17) is 14.2 Å². The Labute approximate surface area is 133 Å². The number of nitrogens with zero attached hydrogens (tertiary/aromatic N) is 1. The highest BCUT2D eigenvalue weighted by molar-refractivity contribution is 5.33. The molecule has 0 saturated carbocycles. The summed E-state index contributed by atoms with van der Waals surface area (Å²) in [5.74, 6) is 0.725. The van der Waals surface area contributed by atoms with Crippen LogP contribution < -0.4 is 4.74 Å². The summed E-state index contributed by atoms with van der Waals surface area (Å²) in [6.45, 7) is 1.78. The van der Waals surface area contributed by atoms with E-state index in [1.54, 1.807) is 12.1 Å². The van der Waals surface area contributed by atoms with Crippen molar-refractivity contribution < 1.29 is 19.1 Å². The van der Waals surface area contributed by atoms with Gasteiger partial charge in [0, 0.05) is 17.7 Å². The van der Waals surface area contributed by atoms with E-state index >= 15 is 0 Å². The van der Waals surface area contributed by atoms with Crippen molar-refractivity contribution in [1.82, 2.24) is 0 Å². The van der Waals surface area contributed by atoms with Gasteiger partial charge in [-0.3, -0.25) is 10.1 Å². The molecule has 1 saturated heterocycles. The maximum atomic E-state index is 10.6. The average molecular weight is 315 g/mol. The smallest absolute Gasteiger partial charge is 0.269 e. The van der Waals surface area contributed by atoms with Gasteiger partial charge in [0.25, 0.3) is 5.69 Å². The summed E-state index contributed by atoms with van der Waals surface area (Å²) in [7, 11) is 0. The van der Waals surface area contributed by atoms with E-state index in [1.165, 1.54) is 12.1 Å². The van der Waals surface area contributed by atoms with Gasteiger partial charge in [0.2, 0.25) is 0 Å². The highest BCUT2D eigenvalue weighted by atomic mass is 16.7. The number of rotatable bonds is 5. The van der Waals surface area contributed by atoms with Crippen molar-refractivity contribution in [3.05, 3.63) is 69.8 Å². The van der Waals surface area contributed by atoms with Crippen LogP contribution in [-0.2, 0) is 16.1 Å². The molecule has 0 amide bonds. The molecular formula is C17H17NO5. The van der Waals surface area contributed by atoms with Crippen LogP contribution in [0.3, 0.4) is 0 Å². The molecule has 23 heavy (non-hydrogen) atoms. The van der Waals surface area contributed by atoms with E-state index in [1.807, 2.05) is 24.3 Å². The molecule has 0 aliphatic carbocycles. The van der Waals surface area contributed by atoms with Crippen LogP contribution in [-0.4, -0.2) is 18.1 Å². The van der Waals surface area contributed by atoms with Gasteiger partial charge in [0.1, 0.15) is 12.4 Å². The monoisotopic (exact) mass is 315 g/mol. The maximum absolute atomic E-state index is 10.6. The fourth-order valence-corrected chi connectivity index (χ4v) is 2.28. The van der Waals surface area contributed by atoms with Gasteiger partial charge in [0.05, 0.1) is 18.1 Å². The molecule has 0 spiro atoms. The Morgan fingerprint density at radius 1 is 1.04 bits per heavy atom. The lowest BCUT2D eigenvalue weighted by Crippen LogP contribution is -2.17. The lowest BCUT2D eigenvalue weighted by atomic mass is 10.2. The second kappa shape index (κ2) is 7.21. The molecule has 2 aromatic rings. The fourth-order valence-electron chi connectivity index (χ4n) is 2.28. The predicted octanol–water partition coefficient (Wildman–Crippen LogP) is 3.61. The van der Waals surface area contributed by atoms with Crippen molar-refractivity contribution in [1.29, 1.82) is 0 Å². The number of hydrogen-bond acceptors (Lipinski definition) is 5. The molecular weight excluding hydrogens is 298 g/mol. The van der Waals surface area contributed by atoms with Crippen molar-refractivity contribution in [3.63, 3.8) is 0 Å². The van der Waals surface area contributed by atoms with Crippen LogP contribution in [0.5, 0.6) is 5.75 Å². The van der Waals surface area contributed by atoms with Crippen LogP contribution in [0.2, 0.25) is 0 Å². The van der Waals surface area contributed by atoms with Gasteiger partial charge in [-0.25, -0.2) is 0 Å². The Kier molecular flexibility index (Phi) is 4.85. The third-order valence-electron chi connectivity index (χ3n) is 3.53. The summed E-state index contributed by atoms with van der Waals surface area (Å²) in [6, 6.07) is 13.9. The minimum atomic E-state index is -0.418. The van der Waals surface area contributed by atoms with Crippen molar-refractivity contribution in [2.24, 2.45) is 0 Å². The molecule has 0 radical (unpaired) electrons. The first kappa shape index (κ1) is 15.5. The van der Waals surface area contributed by atoms with E-state index in [9.17, 15) is 10.1 Å². The van der Waals surface area contributed by atoms with Crippen LogP contribution in [0.15, 0.2) is 48.5 Å². The Bertz CT molecular complexity index is 648. The first-order valence-corrected chi connectivity index (χ1v) is 7.42. The summed E-state index contributed by atoms with van der Waals surface area (Å²) < 4.78 is 16.8. The maximum Gasteiger partial charge on any atom is 0.269 e. The molecule has 6 heteroatoms.